The van der Waals surface area contributed by atoms with Gasteiger partial charge >= 0.3 is 12.0 Å². The molecule has 1 saturated heterocycles. The molecule has 0 unspecified atom stereocenters. The van der Waals surface area contributed by atoms with Gasteiger partial charge in [-0.15, -0.1) is 0 Å². The first-order valence-corrected chi connectivity index (χ1v) is 9.48. The normalized spacial score (nSPS) is 14.7. The number of hydrogen-bond acceptors (Lipinski definition) is 5. The number of carbonyl (C=O) groups is 3. The van der Waals surface area contributed by atoms with Crippen LogP contribution >= 0.6 is 0 Å². The van der Waals surface area contributed by atoms with Gasteiger partial charge < -0.3 is 24.3 Å². The van der Waals surface area contributed by atoms with E-state index in [1.54, 1.807) is 19.1 Å². The molecule has 27 heavy (non-hydrogen) atoms. The number of hydrogen-bond donors (Lipinski definition) is 1. The van der Waals surface area contributed by atoms with E-state index in [-0.39, 0.29) is 38.6 Å². The highest BCUT2D eigenvalue weighted by atomic mass is 16.5. The summed E-state index contributed by atoms with van der Waals surface area (Å²) in [5.41, 5.74) is 0. The van der Waals surface area contributed by atoms with E-state index in [4.69, 9.17) is 9.15 Å². The molecule has 0 saturated carbocycles. The van der Waals surface area contributed by atoms with Gasteiger partial charge in [-0.2, -0.15) is 0 Å². The van der Waals surface area contributed by atoms with Crippen LogP contribution in [0.1, 0.15) is 38.9 Å². The Bertz CT molecular complexity index is 609. The number of carbonyl (C=O) groups excluding carboxylic acids is 3. The number of esters is 1. The van der Waals surface area contributed by atoms with E-state index >= 15 is 0 Å². The summed E-state index contributed by atoms with van der Waals surface area (Å²) in [5.74, 6) is 0.811. The number of urea groups is 1. The number of piperidine rings is 1. The third-order valence-electron chi connectivity index (χ3n) is 4.64. The summed E-state index contributed by atoms with van der Waals surface area (Å²) in [6.45, 7) is 5.97. The zero-order valence-electron chi connectivity index (χ0n) is 16.1. The maximum absolute atomic E-state index is 12.5. The monoisotopic (exact) mass is 379 g/mol. The van der Waals surface area contributed by atoms with Gasteiger partial charge in [-0.3, -0.25) is 9.59 Å². The predicted octanol–water partition coefficient (Wildman–Crippen LogP) is 2.00. The van der Waals surface area contributed by atoms with E-state index in [1.807, 2.05) is 4.90 Å². The molecule has 8 heteroatoms. The highest BCUT2D eigenvalue weighted by molar-refractivity contribution is 5.81. The highest BCUT2D eigenvalue weighted by Gasteiger charge is 2.22. The van der Waals surface area contributed by atoms with Crippen LogP contribution in [0.15, 0.2) is 22.8 Å². The first-order chi connectivity index (χ1) is 13.0. The summed E-state index contributed by atoms with van der Waals surface area (Å²) in [6.07, 6.45) is 3.80. The summed E-state index contributed by atoms with van der Waals surface area (Å²) in [4.78, 5) is 39.7. The van der Waals surface area contributed by atoms with Crippen molar-refractivity contribution < 1.29 is 23.5 Å². The van der Waals surface area contributed by atoms with Crippen molar-refractivity contribution in [2.24, 2.45) is 5.92 Å². The number of likely N-dealkylation sites (tertiary alicyclic amines) is 1. The molecule has 1 aromatic heterocycles. The first kappa shape index (κ1) is 20.8. The van der Waals surface area contributed by atoms with Crippen LogP contribution in [0.5, 0.6) is 0 Å². The Kier molecular flexibility index (Phi) is 8.16. The lowest BCUT2D eigenvalue weighted by Gasteiger charge is -2.31. The Labute approximate surface area is 159 Å². The second-order valence-electron chi connectivity index (χ2n) is 6.78. The summed E-state index contributed by atoms with van der Waals surface area (Å²) in [6, 6.07) is 3.07. The fourth-order valence-corrected chi connectivity index (χ4v) is 2.96. The second-order valence-corrected chi connectivity index (χ2v) is 6.78. The van der Waals surface area contributed by atoms with Gasteiger partial charge in [0, 0.05) is 26.1 Å². The third-order valence-corrected chi connectivity index (χ3v) is 4.64. The molecule has 1 N–H and O–H groups in total. The van der Waals surface area contributed by atoms with Crippen molar-refractivity contribution in [2.45, 2.75) is 39.7 Å². The van der Waals surface area contributed by atoms with Gasteiger partial charge in [0.1, 0.15) is 12.3 Å². The van der Waals surface area contributed by atoms with Crippen molar-refractivity contribution in [1.82, 2.24) is 15.1 Å². The van der Waals surface area contributed by atoms with Crippen LogP contribution in [0.2, 0.25) is 0 Å². The van der Waals surface area contributed by atoms with Crippen LogP contribution in [-0.4, -0.2) is 60.5 Å². The highest BCUT2D eigenvalue weighted by Crippen LogP contribution is 2.17. The molecule has 1 fully saturated rings. The molecule has 0 radical (unpaired) electrons. The molecule has 8 nitrogen and oxygen atoms in total. The molecule has 0 atom stereocenters. The lowest BCUT2D eigenvalue weighted by molar-refractivity contribution is -0.141. The Hall–Kier alpha value is -2.51. The largest absolute Gasteiger partial charge is 0.467 e. The SMILES string of the molecule is CCOC(=O)CNC(=O)N(CCC(=O)N1CCC(C)CC1)Cc1ccco1. The zero-order valence-corrected chi connectivity index (χ0v) is 16.1. The molecule has 0 aromatic carbocycles. The molecule has 150 valence electrons. The molecule has 2 rings (SSSR count). The molecule has 0 aliphatic carbocycles. The lowest BCUT2D eigenvalue weighted by Crippen LogP contribution is -2.44. The minimum absolute atomic E-state index is 0.0459. The summed E-state index contributed by atoms with van der Waals surface area (Å²) in [5, 5.41) is 2.53. The predicted molar refractivity (Wildman–Crippen MR) is 98.7 cm³/mol. The number of rotatable bonds is 8. The minimum atomic E-state index is -0.498. The molecule has 1 aliphatic rings. The van der Waals surface area contributed by atoms with E-state index in [2.05, 4.69) is 12.2 Å². The second kappa shape index (κ2) is 10.6. The van der Waals surface area contributed by atoms with Gasteiger partial charge in [0.25, 0.3) is 0 Å². The van der Waals surface area contributed by atoms with E-state index < -0.39 is 12.0 Å². The van der Waals surface area contributed by atoms with Crippen molar-refractivity contribution in [3.63, 3.8) is 0 Å². The Morgan fingerprint density at radius 1 is 1.33 bits per heavy atom. The van der Waals surface area contributed by atoms with Crippen LogP contribution in [-0.2, 0) is 20.9 Å². The maximum Gasteiger partial charge on any atom is 0.325 e. The van der Waals surface area contributed by atoms with Crippen LogP contribution in [0.4, 0.5) is 4.79 Å². The molecule has 3 amide bonds. The third kappa shape index (κ3) is 6.96. The quantitative estimate of drug-likeness (QED) is 0.698. The topological polar surface area (TPSA) is 92.1 Å². The van der Waals surface area contributed by atoms with Crippen molar-refractivity contribution in [3.8, 4) is 0 Å². The lowest BCUT2D eigenvalue weighted by atomic mass is 9.99. The number of nitrogens with one attached hydrogen (secondary N) is 1. The summed E-state index contributed by atoms with van der Waals surface area (Å²) < 4.78 is 10.1. The summed E-state index contributed by atoms with van der Waals surface area (Å²) in [7, 11) is 0. The molecule has 1 aliphatic heterocycles. The average molecular weight is 379 g/mol. The van der Waals surface area contributed by atoms with Crippen LogP contribution in [0.3, 0.4) is 0 Å². The number of ether oxygens (including phenoxy) is 1. The minimum Gasteiger partial charge on any atom is -0.467 e. The number of furan rings is 1. The molecule has 2 heterocycles. The average Bonchev–Trinajstić information content (AvgIpc) is 3.17. The fraction of sp³-hybridized carbons (Fsp3) is 0.632. The summed E-state index contributed by atoms with van der Waals surface area (Å²) >= 11 is 0. The van der Waals surface area contributed by atoms with Gasteiger partial charge in [0.2, 0.25) is 5.91 Å². The first-order valence-electron chi connectivity index (χ1n) is 9.48. The van der Waals surface area contributed by atoms with Crippen molar-refractivity contribution in [3.05, 3.63) is 24.2 Å². The zero-order chi connectivity index (χ0) is 19.6. The molecule has 1 aromatic rings. The standard InChI is InChI=1S/C19H29N3O5/c1-3-26-18(24)13-20-19(25)22(14-16-5-4-12-27-16)11-8-17(23)21-9-6-15(2)7-10-21/h4-5,12,15H,3,6-11,13-14H2,1-2H3,(H,20,25). The Balaban J connectivity index is 1.88. The van der Waals surface area contributed by atoms with E-state index in [9.17, 15) is 14.4 Å². The van der Waals surface area contributed by atoms with E-state index in [0.29, 0.717) is 11.7 Å². The number of nitrogens with zero attached hydrogens (tertiary/aromatic N) is 2. The van der Waals surface area contributed by atoms with Gasteiger partial charge in [-0.25, -0.2) is 4.79 Å². The van der Waals surface area contributed by atoms with Crippen LogP contribution in [0, 0.1) is 5.92 Å². The van der Waals surface area contributed by atoms with E-state index in [0.717, 1.165) is 25.9 Å². The molecular formula is C19H29N3O5. The van der Waals surface area contributed by atoms with E-state index in [1.165, 1.54) is 11.2 Å². The molecular weight excluding hydrogens is 350 g/mol. The molecule has 0 spiro atoms. The smallest absolute Gasteiger partial charge is 0.325 e. The Morgan fingerprint density at radius 3 is 2.70 bits per heavy atom. The van der Waals surface area contributed by atoms with Crippen molar-refractivity contribution in [2.75, 3.05) is 32.8 Å². The van der Waals surface area contributed by atoms with Gasteiger partial charge in [0.05, 0.1) is 19.4 Å². The van der Waals surface area contributed by atoms with Gasteiger partial charge in [-0.1, -0.05) is 6.92 Å². The van der Waals surface area contributed by atoms with Gasteiger partial charge in [0.15, 0.2) is 0 Å². The van der Waals surface area contributed by atoms with Gasteiger partial charge in [-0.05, 0) is 37.8 Å². The molecule has 0 bridgehead atoms. The fourth-order valence-electron chi connectivity index (χ4n) is 2.96. The number of amides is 3. The van der Waals surface area contributed by atoms with Crippen molar-refractivity contribution >= 4 is 17.9 Å². The van der Waals surface area contributed by atoms with Crippen LogP contribution in [0.25, 0.3) is 0 Å². The van der Waals surface area contributed by atoms with Crippen LogP contribution < -0.4 is 5.32 Å². The Morgan fingerprint density at radius 2 is 2.07 bits per heavy atom. The van der Waals surface area contributed by atoms with Crippen molar-refractivity contribution in [1.29, 1.82) is 0 Å². The maximum atomic E-state index is 12.5.